The zero-order valence-electron chi connectivity index (χ0n) is 21.7. The highest BCUT2D eigenvalue weighted by Crippen LogP contribution is 2.54. The Morgan fingerprint density at radius 3 is 2.16 bits per heavy atom. The fraction of sp³-hybridized carbons (Fsp3) is 0.212. The van der Waals surface area contributed by atoms with Gasteiger partial charge in [0.2, 0.25) is 0 Å². The number of phenols is 1. The number of allylic oxidation sites excluding steroid dienone is 1. The first-order valence-electron chi connectivity index (χ1n) is 12.9. The number of aryl methyl sites for hydroxylation is 1. The summed E-state index contributed by atoms with van der Waals surface area (Å²) >= 11 is 0. The molecule has 0 aliphatic heterocycles. The van der Waals surface area contributed by atoms with Crippen LogP contribution in [0.2, 0.25) is 0 Å². The molecule has 1 aliphatic rings. The van der Waals surface area contributed by atoms with Gasteiger partial charge in [-0.05, 0) is 110 Å². The van der Waals surface area contributed by atoms with Crippen LogP contribution in [0, 0.1) is 6.92 Å². The molecule has 188 valence electrons. The molecule has 1 fully saturated rings. The number of hydrogen-bond donors (Lipinski definition) is 3. The van der Waals surface area contributed by atoms with Crippen molar-refractivity contribution in [3.63, 3.8) is 0 Å². The van der Waals surface area contributed by atoms with Crippen LogP contribution in [0.5, 0.6) is 5.75 Å². The van der Waals surface area contributed by atoms with Crippen molar-refractivity contribution in [2.75, 3.05) is 17.3 Å². The molecule has 0 bridgehead atoms. The molecule has 37 heavy (non-hydrogen) atoms. The number of benzene rings is 4. The standard InChI is InChI=1S/C33H34N2O2/c1-4-7-32(37)24-20-26(22-27(21-24)34-31-9-6-5-8-23(31)2)33(18-19-33)25-10-12-28(13-11-25)35(3)29-14-16-30(36)17-15-29/h5-17,20-22,34,36-37H,4,18-19H2,1-3H3/b32-7-. The molecule has 0 spiro atoms. The molecule has 0 heterocycles. The Labute approximate surface area is 219 Å². The van der Waals surface area contributed by atoms with Gasteiger partial charge >= 0.3 is 0 Å². The van der Waals surface area contributed by atoms with Crippen LogP contribution in [0.3, 0.4) is 0 Å². The van der Waals surface area contributed by atoms with Crippen molar-refractivity contribution in [3.8, 4) is 5.75 Å². The van der Waals surface area contributed by atoms with Gasteiger partial charge in [-0.15, -0.1) is 0 Å². The number of anilines is 4. The Morgan fingerprint density at radius 2 is 1.54 bits per heavy atom. The maximum atomic E-state index is 10.8. The third kappa shape index (κ3) is 5.05. The molecular weight excluding hydrogens is 456 g/mol. The van der Waals surface area contributed by atoms with Crippen LogP contribution in [0.25, 0.3) is 5.76 Å². The van der Waals surface area contributed by atoms with Crippen molar-refractivity contribution in [1.29, 1.82) is 0 Å². The molecule has 4 aromatic rings. The third-order valence-electron chi connectivity index (χ3n) is 7.40. The number of para-hydroxylation sites is 1. The summed E-state index contributed by atoms with van der Waals surface area (Å²) in [4.78, 5) is 2.11. The Bertz CT molecular complexity index is 1420. The van der Waals surface area contributed by atoms with E-state index >= 15 is 0 Å². The smallest absolute Gasteiger partial charge is 0.118 e. The lowest BCUT2D eigenvalue weighted by molar-refractivity contribution is 0.475. The molecule has 0 unspecified atom stereocenters. The van der Waals surface area contributed by atoms with Gasteiger partial charge in [0.05, 0.1) is 0 Å². The topological polar surface area (TPSA) is 55.7 Å². The van der Waals surface area contributed by atoms with Crippen LogP contribution in [0.1, 0.15) is 48.4 Å². The monoisotopic (exact) mass is 490 g/mol. The summed E-state index contributed by atoms with van der Waals surface area (Å²) in [5.41, 5.74) is 8.62. The van der Waals surface area contributed by atoms with E-state index in [2.05, 4.69) is 65.7 Å². The van der Waals surface area contributed by atoms with Crippen LogP contribution in [0.15, 0.2) is 97.1 Å². The van der Waals surface area contributed by atoms with E-state index in [9.17, 15) is 10.2 Å². The quantitative estimate of drug-likeness (QED) is 0.216. The molecular formula is C33H34N2O2. The summed E-state index contributed by atoms with van der Waals surface area (Å²) in [6, 6.07) is 30.7. The summed E-state index contributed by atoms with van der Waals surface area (Å²) < 4.78 is 0. The molecule has 4 heteroatoms. The highest BCUT2D eigenvalue weighted by atomic mass is 16.3. The Balaban J connectivity index is 1.49. The van der Waals surface area contributed by atoms with Gasteiger partial charge in [-0.25, -0.2) is 0 Å². The molecule has 0 saturated heterocycles. The fourth-order valence-electron chi connectivity index (χ4n) is 5.00. The number of aliphatic hydroxyl groups excluding tert-OH is 1. The molecule has 4 aromatic carbocycles. The summed E-state index contributed by atoms with van der Waals surface area (Å²) in [6.45, 7) is 4.13. The normalized spacial score (nSPS) is 14.3. The Hall–Kier alpha value is -4.18. The zero-order chi connectivity index (χ0) is 26.0. The number of rotatable bonds is 8. The fourth-order valence-corrected chi connectivity index (χ4v) is 5.00. The van der Waals surface area contributed by atoms with Crippen molar-refractivity contribution in [3.05, 3.63) is 119 Å². The predicted octanol–water partition coefficient (Wildman–Crippen LogP) is 8.60. The number of phenolic OH excluding ortho intramolecular Hbond substituents is 1. The molecule has 0 amide bonds. The first-order valence-corrected chi connectivity index (χ1v) is 12.9. The van der Waals surface area contributed by atoms with Crippen LogP contribution >= 0.6 is 0 Å². The number of aliphatic hydroxyl groups is 1. The first-order chi connectivity index (χ1) is 17.9. The van der Waals surface area contributed by atoms with E-state index in [0.717, 1.165) is 47.6 Å². The van der Waals surface area contributed by atoms with Crippen LogP contribution < -0.4 is 10.2 Å². The van der Waals surface area contributed by atoms with E-state index < -0.39 is 0 Å². The van der Waals surface area contributed by atoms with E-state index in [-0.39, 0.29) is 11.2 Å². The lowest BCUT2D eigenvalue weighted by Crippen LogP contribution is -2.12. The van der Waals surface area contributed by atoms with Crippen molar-refractivity contribution in [2.45, 2.75) is 38.5 Å². The number of aromatic hydroxyl groups is 1. The van der Waals surface area contributed by atoms with Crippen molar-refractivity contribution in [2.24, 2.45) is 0 Å². The number of nitrogens with zero attached hydrogens (tertiary/aromatic N) is 1. The van der Waals surface area contributed by atoms with Gasteiger partial charge in [0, 0.05) is 40.8 Å². The molecule has 0 radical (unpaired) electrons. The minimum atomic E-state index is -0.0553. The van der Waals surface area contributed by atoms with Gasteiger partial charge in [0.25, 0.3) is 0 Å². The van der Waals surface area contributed by atoms with Gasteiger partial charge in [0.15, 0.2) is 0 Å². The molecule has 5 rings (SSSR count). The van der Waals surface area contributed by atoms with Crippen molar-refractivity contribution < 1.29 is 10.2 Å². The molecule has 0 atom stereocenters. The Morgan fingerprint density at radius 1 is 0.892 bits per heavy atom. The lowest BCUT2D eigenvalue weighted by Gasteiger charge is -2.23. The number of hydrogen-bond acceptors (Lipinski definition) is 4. The molecule has 4 nitrogen and oxygen atoms in total. The highest BCUT2D eigenvalue weighted by molar-refractivity contribution is 5.71. The predicted molar refractivity (Wildman–Crippen MR) is 154 cm³/mol. The average Bonchev–Trinajstić information content (AvgIpc) is 3.72. The average molecular weight is 491 g/mol. The Kier molecular flexibility index (Phi) is 6.66. The van der Waals surface area contributed by atoms with Gasteiger partial charge in [-0.1, -0.05) is 37.3 Å². The maximum Gasteiger partial charge on any atom is 0.118 e. The van der Waals surface area contributed by atoms with E-state index in [1.54, 1.807) is 12.1 Å². The summed E-state index contributed by atoms with van der Waals surface area (Å²) in [7, 11) is 2.03. The minimum Gasteiger partial charge on any atom is -0.508 e. The second-order valence-corrected chi connectivity index (χ2v) is 9.94. The van der Waals surface area contributed by atoms with Gasteiger partial charge in [-0.2, -0.15) is 0 Å². The van der Waals surface area contributed by atoms with Crippen LogP contribution in [-0.4, -0.2) is 17.3 Å². The zero-order valence-corrected chi connectivity index (χ0v) is 21.7. The van der Waals surface area contributed by atoms with E-state index in [4.69, 9.17) is 0 Å². The van der Waals surface area contributed by atoms with Crippen LogP contribution in [0.4, 0.5) is 22.7 Å². The molecule has 1 aliphatic carbocycles. The second-order valence-electron chi connectivity index (χ2n) is 9.94. The minimum absolute atomic E-state index is 0.0553. The van der Waals surface area contributed by atoms with Crippen molar-refractivity contribution in [1.82, 2.24) is 0 Å². The first kappa shape index (κ1) is 24.5. The number of nitrogens with one attached hydrogen (secondary N) is 1. The van der Waals surface area contributed by atoms with Gasteiger partial charge in [-0.3, -0.25) is 0 Å². The third-order valence-corrected chi connectivity index (χ3v) is 7.40. The van der Waals surface area contributed by atoms with E-state index in [1.807, 2.05) is 50.4 Å². The second kappa shape index (κ2) is 10.1. The summed E-state index contributed by atoms with van der Waals surface area (Å²) in [5.74, 6) is 0.584. The SMILES string of the molecule is CC/C=C(\O)c1cc(Nc2ccccc2C)cc(C2(c3ccc(N(C)c4ccc(O)cc4)cc3)CC2)c1. The highest BCUT2D eigenvalue weighted by Gasteiger charge is 2.46. The maximum absolute atomic E-state index is 10.8. The van der Waals surface area contributed by atoms with Gasteiger partial charge < -0.3 is 20.4 Å². The molecule has 0 aromatic heterocycles. The van der Waals surface area contributed by atoms with Crippen molar-refractivity contribution >= 4 is 28.5 Å². The lowest BCUT2D eigenvalue weighted by atomic mass is 9.86. The van der Waals surface area contributed by atoms with E-state index in [1.165, 1.54) is 16.7 Å². The largest absolute Gasteiger partial charge is 0.508 e. The molecule has 3 N–H and O–H groups in total. The van der Waals surface area contributed by atoms with Gasteiger partial charge in [0.1, 0.15) is 11.5 Å². The van der Waals surface area contributed by atoms with E-state index in [0.29, 0.717) is 5.76 Å². The van der Waals surface area contributed by atoms with Crippen LogP contribution in [-0.2, 0) is 5.41 Å². The summed E-state index contributed by atoms with van der Waals surface area (Å²) in [5, 5.41) is 24.0. The molecule has 1 saturated carbocycles. The summed E-state index contributed by atoms with van der Waals surface area (Å²) in [6.07, 6.45) is 4.79.